The maximum Gasteiger partial charge on any atom is 0.131 e. The van der Waals surface area contributed by atoms with Gasteiger partial charge in [-0.3, -0.25) is 5.32 Å². The number of aliphatic imine (C=N–C) groups is 1. The van der Waals surface area contributed by atoms with Crippen LogP contribution in [-0.2, 0) is 0 Å². The Morgan fingerprint density at radius 3 is 1.95 bits per heavy atom. The summed E-state index contributed by atoms with van der Waals surface area (Å²) in [5.74, 6) is 0.895. The topological polar surface area (TPSA) is 41.4 Å². The van der Waals surface area contributed by atoms with E-state index >= 15 is 0 Å². The molecule has 0 aliphatic carbocycles. The summed E-state index contributed by atoms with van der Waals surface area (Å²) in [7, 11) is 0. The molecular formula is C51H34N4S2. The molecule has 0 fully saturated rings. The Morgan fingerprint density at radius 2 is 1.14 bits per heavy atom. The minimum atomic E-state index is -0.165. The van der Waals surface area contributed by atoms with Crippen LogP contribution in [-0.4, -0.2) is 10.4 Å². The smallest absolute Gasteiger partial charge is 0.131 e. The Balaban J connectivity index is 0.922. The molecule has 270 valence electrons. The fraction of sp³-hybridized carbons (Fsp3) is 0.0392. The number of amidine groups is 1. The van der Waals surface area contributed by atoms with Crippen LogP contribution < -0.4 is 10.6 Å². The number of nitrogens with one attached hydrogen (secondary N) is 2. The highest BCUT2D eigenvalue weighted by Crippen LogP contribution is 2.44. The Bertz CT molecular complexity index is 3320. The molecule has 11 aromatic rings. The molecule has 8 aromatic carbocycles. The molecular weight excluding hydrogens is 733 g/mol. The molecule has 2 unspecified atom stereocenters. The van der Waals surface area contributed by atoms with Crippen LogP contribution in [0.5, 0.6) is 0 Å². The standard InChI is InChI=1S/C51H34N4S2/c1-3-12-31(13-4-1)49-52-50(32-14-5-2-6-15-32)54-51(53-49)34-23-26-39-41-19-11-18-36(48(41)57-47(39)29-34)33-22-25-40-42-30-35(24-27-45(42)56-46(40)28-33)55-43-20-9-7-16-37(43)38-17-8-10-21-44(38)55/h1-30,49,51,53H,(H,52,54). The lowest BCUT2D eigenvalue weighted by molar-refractivity contribution is 0.409. The first kappa shape index (κ1) is 32.7. The van der Waals surface area contributed by atoms with Crippen LogP contribution in [0.15, 0.2) is 187 Å². The summed E-state index contributed by atoms with van der Waals surface area (Å²) < 4.78 is 7.61. The monoisotopic (exact) mass is 766 g/mol. The normalized spacial score (nSPS) is 15.9. The van der Waals surface area contributed by atoms with Gasteiger partial charge in [-0.1, -0.05) is 140 Å². The van der Waals surface area contributed by atoms with Crippen molar-refractivity contribution < 1.29 is 0 Å². The Labute approximate surface area is 337 Å². The zero-order valence-electron chi connectivity index (χ0n) is 30.7. The summed E-state index contributed by atoms with van der Waals surface area (Å²) >= 11 is 3.76. The summed E-state index contributed by atoms with van der Waals surface area (Å²) in [5.41, 5.74) is 9.59. The summed E-state index contributed by atoms with van der Waals surface area (Å²) in [4.78, 5) is 5.11. The maximum atomic E-state index is 5.11. The van der Waals surface area contributed by atoms with Crippen LogP contribution in [0, 0.1) is 0 Å². The fourth-order valence-corrected chi connectivity index (χ4v) is 11.2. The minimum Gasteiger partial charge on any atom is -0.350 e. The first-order valence-corrected chi connectivity index (χ1v) is 21.0. The number of fused-ring (bicyclic) bond motifs is 9. The highest BCUT2D eigenvalue weighted by molar-refractivity contribution is 7.26. The zero-order valence-corrected chi connectivity index (χ0v) is 32.3. The van der Waals surface area contributed by atoms with Crippen LogP contribution in [0.2, 0.25) is 0 Å². The number of benzene rings is 8. The van der Waals surface area contributed by atoms with Crippen molar-refractivity contribution in [2.45, 2.75) is 12.3 Å². The van der Waals surface area contributed by atoms with Gasteiger partial charge >= 0.3 is 0 Å². The molecule has 4 nitrogen and oxygen atoms in total. The first-order valence-electron chi connectivity index (χ1n) is 19.3. The van der Waals surface area contributed by atoms with Crippen molar-refractivity contribution >= 4 is 90.7 Å². The fourth-order valence-electron chi connectivity index (χ4n) is 8.77. The van der Waals surface area contributed by atoms with E-state index in [0.29, 0.717) is 0 Å². The average molecular weight is 767 g/mol. The predicted octanol–water partition coefficient (Wildman–Crippen LogP) is 13.5. The summed E-state index contributed by atoms with van der Waals surface area (Å²) in [6, 6.07) is 66.1. The third-order valence-electron chi connectivity index (χ3n) is 11.5. The zero-order chi connectivity index (χ0) is 37.5. The molecule has 4 heterocycles. The quantitative estimate of drug-likeness (QED) is 0.183. The van der Waals surface area contributed by atoms with Gasteiger partial charge in [-0.25, -0.2) is 4.99 Å². The number of rotatable bonds is 5. The average Bonchev–Trinajstić information content (AvgIpc) is 3.95. The minimum absolute atomic E-state index is 0.108. The number of aromatic nitrogens is 1. The highest BCUT2D eigenvalue weighted by Gasteiger charge is 2.26. The molecule has 6 heteroatoms. The summed E-state index contributed by atoms with van der Waals surface area (Å²) in [6.45, 7) is 0. The molecule has 12 rings (SSSR count). The van der Waals surface area contributed by atoms with Gasteiger partial charge in [0.05, 0.1) is 11.0 Å². The second-order valence-corrected chi connectivity index (χ2v) is 16.9. The second-order valence-electron chi connectivity index (χ2n) is 14.8. The van der Waals surface area contributed by atoms with Crippen molar-refractivity contribution in [1.82, 2.24) is 15.2 Å². The van der Waals surface area contributed by atoms with Gasteiger partial charge in [0.25, 0.3) is 0 Å². The Hall–Kier alpha value is -6.57. The SMILES string of the molecule is c1ccc(C2=NC(c3ccccc3)NC(c3ccc4c(c3)sc3c(-c5ccc6c(c5)sc5ccc(-n7c8ccccc8c8ccccc87)cc56)cccc34)N2)cc1. The molecule has 0 saturated carbocycles. The van der Waals surface area contributed by atoms with Crippen LogP contribution in [0.25, 0.3) is 79.0 Å². The number of para-hydroxylation sites is 2. The third-order valence-corrected chi connectivity index (χ3v) is 13.8. The van der Waals surface area contributed by atoms with Crippen LogP contribution in [0.3, 0.4) is 0 Å². The molecule has 1 aliphatic heterocycles. The molecule has 0 saturated heterocycles. The van der Waals surface area contributed by atoms with Gasteiger partial charge < -0.3 is 9.88 Å². The molecule has 3 aromatic heterocycles. The lowest BCUT2D eigenvalue weighted by Crippen LogP contribution is -2.44. The summed E-state index contributed by atoms with van der Waals surface area (Å²) in [6.07, 6.45) is -0.274. The van der Waals surface area contributed by atoms with E-state index in [1.54, 1.807) is 0 Å². The lowest BCUT2D eigenvalue weighted by Gasteiger charge is -2.32. The first-order chi connectivity index (χ1) is 28.2. The predicted molar refractivity (Wildman–Crippen MR) is 243 cm³/mol. The van der Waals surface area contributed by atoms with E-state index in [4.69, 9.17) is 4.99 Å². The third kappa shape index (κ3) is 5.33. The van der Waals surface area contributed by atoms with E-state index in [2.05, 4.69) is 191 Å². The number of hydrogen-bond donors (Lipinski definition) is 2. The van der Waals surface area contributed by atoms with Crippen molar-refractivity contribution in [3.8, 4) is 16.8 Å². The van der Waals surface area contributed by atoms with Gasteiger partial charge in [0.1, 0.15) is 18.2 Å². The van der Waals surface area contributed by atoms with Gasteiger partial charge in [-0.05, 0) is 64.7 Å². The molecule has 0 bridgehead atoms. The Kier molecular flexibility index (Phi) is 7.45. The molecule has 0 radical (unpaired) electrons. The Morgan fingerprint density at radius 1 is 0.456 bits per heavy atom. The molecule has 57 heavy (non-hydrogen) atoms. The van der Waals surface area contributed by atoms with Crippen molar-refractivity contribution in [1.29, 1.82) is 0 Å². The van der Waals surface area contributed by atoms with Gasteiger partial charge in [0, 0.05) is 62.4 Å². The van der Waals surface area contributed by atoms with E-state index in [1.165, 1.54) is 84.5 Å². The van der Waals surface area contributed by atoms with Gasteiger partial charge in [0.2, 0.25) is 0 Å². The molecule has 2 atom stereocenters. The van der Waals surface area contributed by atoms with E-state index < -0.39 is 0 Å². The van der Waals surface area contributed by atoms with Crippen molar-refractivity contribution in [2.24, 2.45) is 4.99 Å². The summed E-state index contributed by atoms with van der Waals surface area (Å²) in [5, 5.41) is 15.2. The van der Waals surface area contributed by atoms with Gasteiger partial charge in [0.15, 0.2) is 0 Å². The highest BCUT2D eigenvalue weighted by atomic mass is 32.1. The van der Waals surface area contributed by atoms with E-state index in [9.17, 15) is 0 Å². The molecule has 0 amide bonds. The maximum absolute atomic E-state index is 5.11. The lowest BCUT2D eigenvalue weighted by atomic mass is 10.0. The van der Waals surface area contributed by atoms with E-state index in [1.807, 2.05) is 28.7 Å². The van der Waals surface area contributed by atoms with Crippen molar-refractivity contribution in [3.05, 3.63) is 199 Å². The van der Waals surface area contributed by atoms with Crippen LogP contribution >= 0.6 is 22.7 Å². The van der Waals surface area contributed by atoms with Gasteiger partial charge in [-0.15, -0.1) is 22.7 Å². The van der Waals surface area contributed by atoms with Crippen molar-refractivity contribution in [3.63, 3.8) is 0 Å². The van der Waals surface area contributed by atoms with Gasteiger partial charge in [-0.2, -0.15) is 0 Å². The second kappa shape index (κ2) is 13.0. The van der Waals surface area contributed by atoms with E-state index in [0.717, 1.165) is 17.0 Å². The molecule has 2 N–H and O–H groups in total. The molecule has 0 spiro atoms. The van der Waals surface area contributed by atoms with Crippen LogP contribution in [0.1, 0.15) is 29.0 Å². The molecule has 1 aliphatic rings. The number of thiophene rings is 2. The number of nitrogens with zero attached hydrogens (tertiary/aromatic N) is 2. The van der Waals surface area contributed by atoms with E-state index in [-0.39, 0.29) is 12.3 Å². The van der Waals surface area contributed by atoms with Crippen LogP contribution in [0.4, 0.5) is 0 Å². The van der Waals surface area contributed by atoms with Crippen molar-refractivity contribution in [2.75, 3.05) is 0 Å². The number of hydrogen-bond acceptors (Lipinski definition) is 5. The largest absolute Gasteiger partial charge is 0.350 e.